The molecule has 1 N–H and O–H groups in total. The monoisotopic (exact) mass is 250 g/mol. The van der Waals surface area contributed by atoms with E-state index in [1.165, 1.54) is 19.4 Å². The van der Waals surface area contributed by atoms with Crippen LogP contribution in [0, 0.1) is 18.3 Å². The zero-order chi connectivity index (χ0) is 13.6. The lowest BCUT2D eigenvalue weighted by molar-refractivity contribution is 0.0499. The third-order valence-electron chi connectivity index (χ3n) is 4.55. The number of unbranched alkanes of at least 4 members (excludes halogenated alkanes) is 1. The normalized spacial score (nSPS) is 24.1. The molecule has 1 saturated heterocycles. The Kier molecular flexibility index (Phi) is 6.18. The molecule has 1 rings (SSSR count). The number of nitrogens with one attached hydrogen (secondary N) is 1. The minimum atomic E-state index is 0.321. The molecule has 0 bridgehead atoms. The van der Waals surface area contributed by atoms with Gasteiger partial charge in [-0.1, -0.05) is 27.7 Å². The minimum Gasteiger partial charge on any atom is -0.308 e. The third kappa shape index (κ3) is 3.73. The van der Waals surface area contributed by atoms with Gasteiger partial charge in [0.15, 0.2) is 0 Å². The summed E-state index contributed by atoms with van der Waals surface area (Å²) < 4.78 is 0. The standard InChI is InChI=1S/C16H30N2/c1-6-9-10-11-18-13-16(7-2,8-3)17-12-15(18)14(4)5/h1,14-15,17H,7-13H2,2-5H3. The van der Waals surface area contributed by atoms with Crippen LogP contribution >= 0.6 is 0 Å². The fourth-order valence-electron chi connectivity index (χ4n) is 3.02. The van der Waals surface area contributed by atoms with Crippen LogP contribution in [0.2, 0.25) is 0 Å². The van der Waals surface area contributed by atoms with Gasteiger partial charge >= 0.3 is 0 Å². The van der Waals surface area contributed by atoms with E-state index in [-0.39, 0.29) is 0 Å². The van der Waals surface area contributed by atoms with Crippen molar-refractivity contribution in [3.05, 3.63) is 0 Å². The van der Waals surface area contributed by atoms with Gasteiger partial charge in [-0.25, -0.2) is 0 Å². The highest BCUT2D eigenvalue weighted by Crippen LogP contribution is 2.25. The predicted octanol–water partition coefficient (Wildman–Crippen LogP) is 2.89. The summed E-state index contributed by atoms with van der Waals surface area (Å²) in [5.41, 5.74) is 0.321. The molecule has 1 unspecified atom stereocenters. The van der Waals surface area contributed by atoms with Crippen molar-refractivity contribution in [1.82, 2.24) is 10.2 Å². The molecule has 1 aliphatic heterocycles. The van der Waals surface area contributed by atoms with Crippen LogP contribution in [0.3, 0.4) is 0 Å². The Bertz CT molecular complexity index is 273. The van der Waals surface area contributed by atoms with E-state index in [0.717, 1.165) is 25.9 Å². The van der Waals surface area contributed by atoms with Crippen LogP contribution < -0.4 is 5.32 Å². The molecular weight excluding hydrogens is 220 g/mol. The number of hydrogen-bond acceptors (Lipinski definition) is 2. The molecule has 18 heavy (non-hydrogen) atoms. The first-order chi connectivity index (χ1) is 8.58. The first-order valence-electron chi connectivity index (χ1n) is 7.51. The molecule has 0 amide bonds. The van der Waals surface area contributed by atoms with Crippen LogP contribution in [0.25, 0.3) is 0 Å². The van der Waals surface area contributed by atoms with Crippen molar-refractivity contribution in [3.8, 4) is 12.3 Å². The van der Waals surface area contributed by atoms with Gasteiger partial charge in [0, 0.05) is 31.1 Å². The smallest absolute Gasteiger partial charge is 0.0304 e. The lowest BCUT2D eigenvalue weighted by Crippen LogP contribution is -2.65. The highest BCUT2D eigenvalue weighted by molar-refractivity contribution is 4.97. The fourth-order valence-corrected chi connectivity index (χ4v) is 3.02. The number of piperazine rings is 1. The maximum atomic E-state index is 5.36. The van der Waals surface area contributed by atoms with E-state index in [2.05, 4.69) is 43.8 Å². The van der Waals surface area contributed by atoms with Gasteiger partial charge in [-0.3, -0.25) is 4.90 Å². The van der Waals surface area contributed by atoms with Crippen molar-refractivity contribution in [2.24, 2.45) is 5.92 Å². The van der Waals surface area contributed by atoms with Crippen molar-refractivity contribution in [2.75, 3.05) is 19.6 Å². The van der Waals surface area contributed by atoms with Crippen molar-refractivity contribution >= 4 is 0 Å². The topological polar surface area (TPSA) is 15.3 Å². The summed E-state index contributed by atoms with van der Waals surface area (Å²) in [5.74, 6) is 3.46. The second-order valence-electron chi connectivity index (χ2n) is 5.96. The molecule has 1 fully saturated rings. The molecule has 2 nitrogen and oxygen atoms in total. The fraction of sp³-hybridized carbons (Fsp3) is 0.875. The van der Waals surface area contributed by atoms with Gasteiger partial charge < -0.3 is 5.32 Å². The van der Waals surface area contributed by atoms with Gasteiger partial charge in [0.25, 0.3) is 0 Å². The molecule has 104 valence electrons. The van der Waals surface area contributed by atoms with E-state index in [0.29, 0.717) is 17.5 Å². The van der Waals surface area contributed by atoms with Crippen molar-refractivity contribution in [3.63, 3.8) is 0 Å². The van der Waals surface area contributed by atoms with Crippen molar-refractivity contribution in [1.29, 1.82) is 0 Å². The second kappa shape index (κ2) is 7.16. The summed E-state index contributed by atoms with van der Waals surface area (Å²) >= 11 is 0. The van der Waals surface area contributed by atoms with Crippen LogP contribution in [0.4, 0.5) is 0 Å². The quantitative estimate of drug-likeness (QED) is 0.576. The molecule has 0 saturated carbocycles. The third-order valence-corrected chi connectivity index (χ3v) is 4.55. The van der Waals surface area contributed by atoms with E-state index < -0.39 is 0 Å². The Hall–Kier alpha value is -0.520. The molecular formula is C16H30N2. The predicted molar refractivity (Wildman–Crippen MR) is 79.6 cm³/mol. The zero-order valence-electron chi connectivity index (χ0n) is 12.6. The average molecular weight is 250 g/mol. The first-order valence-corrected chi connectivity index (χ1v) is 7.51. The highest BCUT2D eigenvalue weighted by atomic mass is 15.3. The summed E-state index contributed by atoms with van der Waals surface area (Å²) in [4.78, 5) is 2.67. The van der Waals surface area contributed by atoms with Crippen molar-refractivity contribution in [2.45, 2.75) is 65.0 Å². The lowest BCUT2D eigenvalue weighted by Gasteiger charge is -2.49. The molecule has 1 heterocycles. The van der Waals surface area contributed by atoms with Gasteiger partial charge in [-0.2, -0.15) is 0 Å². The summed E-state index contributed by atoms with van der Waals surface area (Å²) in [5, 5.41) is 3.80. The molecule has 0 spiro atoms. The average Bonchev–Trinajstić information content (AvgIpc) is 2.38. The Morgan fingerprint density at radius 2 is 2.06 bits per heavy atom. The number of terminal acetylenes is 1. The van der Waals surface area contributed by atoms with Crippen LogP contribution in [-0.4, -0.2) is 36.1 Å². The second-order valence-corrected chi connectivity index (χ2v) is 5.96. The van der Waals surface area contributed by atoms with Crippen LogP contribution in [-0.2, 0) is 0 Å². The maximum Gasteiger partial charge on any atom is 0.0304 e. The molecule has 0 aromatic heterocycles. The lowest BCUT2D eigenvalue weighted by atomic mass is 9.86. The van der Waals surface area contributed by atoms with E-state index in [9.17, 15) is 0 Å². The molecule has 1 atom stereocenters. The van der Waals surface area contributed by atoms with E-state index in [1.807, 2.05) is 0 Å². The summed E-state index contributed by atoms with van der Waals surface area (Å²) in [6.45, 7) is 12.7. The first kappa shape index (κ1) is 15.5. The Balaban J connectivity index is 2.67. The Labute approximate surface area is 114 Å². The van der Waals surface area contributed by atoms with E-state index in [1.54, 1.807) is 0 Å². The Morgan fingerprint density at radius 3 is 2.56 bits per heavy atom. The van der Waals surface area contributed by atoms with Crippen LogP contribution in [0.5, 0.6) is 0 Å². The van der Waals surface area contributed by atoms with Gasteiger partial charge in [0.05, 0.1) is 0 Å². The SMILES string of the molecule is C#CCCCN1CC(CC)(CC)NCC1C(C)C. The van der Waals surface area contributed by atoms with E-state index >= 15 is 0 Å². The number of nitrogens with zero attached hydrogens (tertiary/aromatic N) is 1. The van der Waals surface area contributed by atoms with Gasteiger partial charge in [-0.15, -0.1) is 12.3 Å². The van der Waals surface area contributed by atoms with Crippen LogP contribution in [0.1, 0.15) is 53.4 Å². The molecule has 0 aromatic carbocycles. The zero-order valence-corrected chi connectivity index (χ0v) is 12.6. The molecule has 2 heteroatoms. The summed E-state index contributed by atoms with van der Waals surface area (Å²) in [6.07, 6.45) is 9.81. The van der Waals surface area contributed by atoms with Crippen LogP contribution in [0.15, 0.2) is 0 Å². The number of rotatable bonds is 6. The number of hydrogen-bond donors (Lipinski definition) is 1. The molecule has 1 aliphatic rings. The minimum absolute atomic E-state index is 0.321. The van der Waals surface area contributed by atoms with Gasteiger partial charge in [-0.05, 0) is 31.7 Å². The summed E-state index contributed by atoms with van der Waals surface area (Å²) in [7, 11) is 0. The molecule has 0 radical (unpaired) electrons. The Morgan fingerprint density at radius 1 is 1.39 bits per heavy atom. The largest absolute Gasteiger partial charge is 0.308 e. The molecule has 0 aliphatic carbocycles. The van der Waals surface area contributed by atoms with E-state index in [4.69, 9.17) is 6.42 Å². The van der Waals surface area contributed by atoms with Gasteiger partial charge in [0.2, 0.25) is 0 Å². The van der Waals surface area contributed by atoms with Crippen molar-refractivity contribution < 1.29 is 0 Å². The van der Waals surface area contributed by atoms with Gasteiger partial charge in [0.1, 0.15) is 0 Å². The highest BCUT2D eigenvalue weighted by Gasteiger charge is 2.37. The maximum absolute atomic E-state index is 5.36. The summed E-state index contributed by atoms with van der Waals surface area (Å²) in [6, 6.07) is 0.661. The molecule has 0 aromatic rings.